The molecule has 0 bridgehead atoms. The van der Waals surface area contributed by atoms with Gasteiger partial charge in [0.05, 0.1) is 21.3 Å². The minimum atomic E-state index is -0.449. The number of aromatic nitrogens is 1. The first kappa shape index (κ1) is 21.6. The van der Waals surface area contributed by atoms with Gasteiger partial charge in [-0.2, -0.15) is 0 Å². The summed E-state index contributed by atoms with van der Waals surface area (Å²) in [6.07, 6.45) is 3.03. The van der Waals surface area contributed by atoms with Gasteiger partial charge in [0.15, 0.2) is 0 Å². The highest BCUT2D eigenvalue weighted by Gasteiger charge is 2.27. The van der Waals surface area contributed by atoms with Crippen LogP contribution < -0.4 is 10.6 Å². The highest BCUT2D eigenvalue weighted by atomic mass is 35.5. The van der Waals surface area contributed by atoms with E-state index in [1.807, 2.05) is 0 Å². The Kier molecular flexibility index (Phi) is 7.11. The molecular weight excluding hydrogens is 411 g/mol. The summed E-state index contributed by atoms with van der Waals surface area (Å²) in [5, 5.41) is 6.31. The Hall–Kier alpha value is -2.15. The minimum Gasteiger partial charge on any atom is -0.325 e. The highest BCUT2D eigenvalue weighted by Crippen LogP contribution is 2.27. The van der Waals surface area contributed by atoms with E-state index >= 15 is 0 Å². The number of anilines is 2. The van der Waals surface area contributed by atoms with Gasteiger partial charge in [0.2, 0.25) is 5.91 Å². The number of hydrogen-bond acceptors (Lipinski definition) is 4. The smallest absolute Gasteiger partial charge is 0.260 e. The average molecular weight is 435 g/mol. The molecule has 0 aliphatic carbocycles. The van der Waals surface area contributed by atoms with E-state index in [0.29, 0.717) is 22.6 Å². The summed E-state index contributed by atoms with van der Waals surface area (Å²) in [5.74, 6) is -0.278. The topological polar surface area (TPSA) is 74.3 Å². The monoisotopic (exact) mass is 434 g/mol. The molecule has 1 aliphatic rings. The largest absolute Gasteiger partial charge is 0.325 e. The molecule has 1 aromatic heterocycles. The molecule has 3 rings (SSSR count). The molecule has 1 aromatic carbocycles. The van der Waals surface area contributed by atoms with E-state index in [2.05, 4.69) is 34.4 Å². The van der Waals surface area contributed by atoms with Crippen molar-refractivity contribution < 1.29 is 9.59 Å². The number of likely N-dealkylation sites (tertiary alicyclic amines) is 1. The Bertz CT molecular complexity index is 879. The molecule has 2 aromatic rings. The number of nitrogens with one attached hydrogen (secondary N) is 2. The highest BCUT2D eigenvalue weighted by molar-refractivity contribution is 6.35. The van der Waals surface area contributed by atoms with Crippen LogP contribution >= 0.6 is 23.2 Å². The predicted octanol–water partition coefficient (Wildman–Crippen LogP) is 4.70. The predicted molar refractivity (Wildman–Crippen MR) is 117 cm³/mol. The summed E-state index contributed by atoms with van der Waals surface area (Å²) < 4.78 is 0. The molecule has 1 saturated heterocycles. The van der Waals surface area contributed by atoms with Crippen LogP contribution in [0.1, 0.15) is 37.0 Å². The zero-order chi connectivity index (χ0) is 21.0. The molecule has 29 heavy (non-hydrogen) atoms. The summed E-state index contributed by atoms with van der Waals surface area (Å²) in [6, 6.07) is 8.70. The first-order chi connectivity index (χ1) is 13.8. The second kappa shape index (κ2) is 9.57. The number of hydrogen-bond donors (Lipinski definition) is 2. The van der Waals surface area contributed by atoms with Gasteiger partial charge in [-0.15, -0.1) is 0 Å². The van der Waals surface area contributed by atoms with Crippen LogP contribution in [0.5, 0.6) is 0 Å². The van der Waals surface area contributed by atoms with Crippen LogP contribution in [-0.2, 0) is 4.79 Å². The van der Waals surface area contributed by atoms with E-state index in [0.717, 1.165) is 25.9 Å². The van der Waals surface area contributed by atoms with Crippen LogP contribution in [0.4, 0.5) is 11.5 Å². The maximum Gasteiger partial charge on any atom is 0.260 e. The Labute approximate surface area is 180 Å². The number of pyridine rings is 1. The Balaban J connectivity index is 1.72. The van der Waals surface area contributed by atoms with Gasteiger partial charge in [0, 0.05) is 18.2 Å². The lowest BCUT2D eigenvalue weighted by Crippen LogP contribution is -2.41. The summed E-state index contributed by atoms with van der Waals surface area (Å²) in [4.78, 5) is 32.0. The molecule has 2 N–H and O–H groups in total. The molecule has 2 heterocycles. The number of halogens is 2. The second-order valence-corrected chi connectivity index (χ2v) is 8.22. The third-order valence-electron chi connectivity index (χ3n) is 5.10. The van der Waals surface area contributed by atoms with Gasteiger partial charge < -0.3 is 15.5 Å². The van der Waals surface area contributed by atoms with Gasteiger partial charge in [0.1, 0.15) is 5.82 Å². The molecule has 2 amide bonds. The first-order valence-corrected chi connectivity index (χ1v) is 10.4. The van der Waals surface area contributed by atoms with Crippen molar-refractivity contribution in [3.05, 3.63) is 52.1 Å². The van der Waals surface area contributed by atoms with Crippen LogP contribution in [0.2, 0.25) is 10.0 Å². The average Bonchev–Trinajstić information content (AvgIpc) is 2.69. The first-order valence-electron chi connectivity index (χ1n) is 9.61. The van der Waals surface area contributed by atoms with E-state index < -0.39 is 5.91 Å². The lowest BCUT2D eigenvalue weighted by molar-refractivity contribution is -0.121. The number of carbonyl (C=O) groups is 2. The number of benzene rings is 1. The van der Waals surface area contributed by atoms with E-state index in [1.165, 1.54) is 6.20 Å². The van der Waals surface area contributed by atoms with Gasteiger partial charge in [-0.3, -0.25) is 9.59 Å². The van der Waals surface area contributed by atoms with Gasteiger partial charge >= 0.3 is 0 Å². The number of carbonyl (C=O) groups excluding carboxylic acids is 2. The molecule has 1 fully saturated rings. The van der Waals surface area contributed by atoms with Crippen molar-refractivity contribution in [3.63, 3.8) is 0 Å². The molecule has 0 radical (unpaired) electrons. The summed E-state index contributed by atoms with van der Waals surface area (Å²) in [5.41, 5.74) is 0.596. The van der Waals surface area contributed by atoms with Crippen LogP contribution in [0.3, 0.4) is 0 Å². The quantitative estimate of drug-likeness (QED) is 0.714. The molecular formula is C21H24Cl2N4O2. The van der Waals surface area contributed by atoms with Crippen molar-refractivity contribution in [2.24, 2.45) is 5.92 Å². The molecule has 0 spiro atoms. The Morgan fingerprint density at radius 2 is 1.83 bits per heavy atom. The van der Waals surface area contributed by atoms with Crippen LogP contribution in [0, 0.1) is 5.92 Å². The number of rotatable bonds is 5. The fourth-order valence-electron chi connectivity index (χ4n) is 3.40. The maximum atomic E-state index is 12.8. The van der Waals surface area contributed by atoms with E-state index in [-0.39, 0.29) is 22.4 Å². The normalized spacial score (nSPS) is 15.3. The third-order valence-corrected chi connectivity index (χ3v) is 5.64. The van der Waals surface area contributed by atoms with Crippen molar-refractivity contribution in [1.29, 1.82) is 0 Å². The van der Waals surface area contributed by atoms with Crippen LogP contribution in [0.15, 0.2) is 36.5 Å². The zero-order valence-corrected chi connectivity index (χ0v) is 17.9. The summed E-state index contributed by atoms with van der Waals surface area (Å²) in [7, 11) is 0. The molecule has 0 saturated carbocycles. The SMILES string of the molecule is CC(C)N1CCC(C(=O)Nc2cccc(Cl)c2C(=O)Nc2ccc(Cl)cn2)CC1. The molecule has 6 nitrogen and oxygen atoms in total. The van der Waals surface area contributed by atoms with Gasteiger partial charge in [-0.25, -0.2) is 4.98 Å². The van der Waals surface area contributed by atoms with Crippen molar-refractivity contribution in [3.8, 4) is 0 Å². The van der Waals surface area contributed by atoms with Gasteiger partial charge in [-0.1, -0.05) is 29.3 Å². The lowest BCUT2D eigenvalue weighted by atomic mass is 9.95. The summed E-state index contributed by atoms with van der Waals surface area (Å²) in [6.45, 7) is 6.10. The van der Waals surface area contributed by atoms with Crippen molar-refractivity contribution in [2.75, 3.05) is 23.7 Å². The third kappa shape index (κ3) is 5.47. The van der Waals surface area contributed by atoms with Crippen LogP contribution in [0.25, 0.3) is 0 Å². The second-order valence-electron chi connectivity index (χ2n) is 7.37. The Morgan fingerprint density at radius 3 is 2.45 bits per heavy atom. The van der Waals surface area contributed by atoms with Crippen molar-refractivity contribution >= 4 is 46.5 Å². The van der Waals surface area contributed by atoms with Gasteiger partial charge in [-0.05, 0) is 64.0 Å². The minimum absolute atomic E-state index is 0.0853. The molecule has 1 aliphatic heterocycles. The lowest BCUT2D eigenvalue weighted by Gasteiger charge is -2.34. The number of amides is 2. The van der Waals surface area contributed by atoms with E-state index in [4.69, 9.17) is 23.2 Å². The number of nitrogens with zero attached hydrogens (tertiary/aromatic N) is 2. The van der Waals surface area contributed by atoms with E-state index in [1.54, 1.807) is 30.3 Å². The molecule has 0 unspecified atom stereocenters. The summed E-state index contributed by atoms with van der Waals surface area (Å²) >= 11 is 12.1. The number of piperidine rings is 1. The zero-order valence-electron chi connectivity index (χ0n) is 16.4. The standard InChI is InChI=1S/C21H24Cl2N4O2/c1-13(2)27-10-8-14(9-11-27)20(28)25-17-5-3-4-16(23)19(17)21(29)26-18-7-6-15(22)12-24-18/h3-7,12-14H,8-11H2,1-2H3,(H,25,28)(H,24,26,29). The van der Waals surface area contributed by atoms with Crippen LogP contribution in [-0.4, -0.2) is 40.8 Å². The maximum absolute atomic E-state index is 12.8. The van der Waals surface area contributed by atoms with Crippen molar-refractivity contribution in [2.45, 2.75) is 32.7 Å². The van der Waals surface area contributed by atoms with Crippen molar-refractivity contribution in [1.82, 2.24) is 9.88 Å². The molecule has 0 atom stereocenters. The molecule has 8 heteroatoms. The fourth-order valence-corrected chi connectivity index (χ4v) is 3.77. The van der Waals surface area contributed by atoms with E-state index in [9.17, 15) is 9.59 Å². The van der Waals surface area contributed by atoms with Gasteiger partial charge in [0.25, 0.3) is 5.91 Å². The fraction of sp³-hybridized carbons (Fsp3) is 0.381. The Morgan fingerprint density at radius 1 is 1.10 bits per heavy atom. The molecule has 154 valence electrons.